The molecule has 4 unspecified atom stereocenters. The van der Waals surface area contributed by atoms with E-state index in [9.17, 15) is 29.7 Å². The minimum atomic E-state index is -1.88. The van der Waals surface area contributed by atoms with E-state index in [1.807, 2.05) is 32.9 Å². The zero-order chi connectivity index (χ0) is 50.4. The molecule has 0 aromatic heterocycles. The summed E-state index contributed by atoms with van der Waals surface area (Å²) in [5.41, 5.74) is -0.279. The summed E-state index contributed by atoms with van der Waals surface area (Å²) in [6, 6.07) is 0.520. The highest BCUT2D eigenvalue weighted by Gasteiger charge is 2.50. The molecule has 2 amide bonds. The summed E-state index contributed by atoms with van der Waals surface area (Å²) in [5.74, 6) is -3.97. The van der Waals surface area contributed by atoms with Crippen LogP contribution in [0.5, 0.6) is 17.2 Å². The lowest BCUT2D eigenvalue weighted by Gasteiger charge is -2.42. The Morgan fingerprint density at radius 2 is 1.60 bits per heavy atom. The Hall–Kier alpha value is -5.03. The second kappa shape index (κ2) is 20.6. The van der Waals surface area contributed by atoms with Crippen molar-refractivity contribution in [2.45, 2.75) is 131 Å². The predicted molar refractivity (Wildman–Crippen MR) is 269 cm³/mol. The highest BCUT2D eigenvalue weighted by Crippen LogP contribution is 2.50. The van der Waals surface area contributed by atoms with E-state index >= 15 is 0 Å². The van der Waals surface area contributed by atoms with Crippen LogP contribution in [-0.2, 0) is 14.3 Å². The number of nitrogens with one attached hydrogen (secondary N) is 1. The van der Waals surface area contributed by atoms with Crippen molar-refractivity contribution in [1.29, 1.82) is 0 Å². The number of anilines is 1. The fourth-order valence-electron chi connectivity index (χ4n) is 11.6. The molecule has 7 atom stereocenters. The van der Waals surface area contributed by atoms with Gasteiger partial charge in [-0.15, -0.1) is 0 Å². The van der Waals surface area contributed by atoms with Gasteiger partial charge in [0.15, 0.2) is 11.4 Å². The van der Waals surface area contributed by atoms with Crippen molar-refractivity contribution in [3.63, 3.8) is 0 Å². The van der Waals surface area contributed by atoms with Crippen LogP contribution in [0.15, 0.2) is 46.1 Å². The van der Waals surface area contributed by atoms with Gasteiger partial charge in [-0.3, -0.25) is 24.5 Å². The number of allylic oxidation sites excluding steroid dienone is 4. The fourth-order valence-corrected chi connectivity index (χ4v) is 11.6. The number of rotatable bonds is 4. The molecule has 16 heteroatoms. The van der Waals surface area contributed by atoms with Gasteiger partial charge < -0.3 is 49.5 Å². The van der Waals surface area contributed by atoms with Crippen LogP contribution < -0.4 is 20.8 Å². The SMILES string of the molecule is C/C1=C/C=C/C(C)C[C@@H](C)C(O)[C@@H](C)C(OC(=O)N2CCN(C3CCN(C)CC3)CC2)[C@H](C)C/C=C/OC2(C)Oc3c(C)c(O)c4c(O)c(c5c(c4c3C2=O)=NC2(CCN(CC(C)C)CC2)N=5)NC1=O. The van der Waals surface area contributed by atoms with E-state index in [2.05, 4.69) is 47.8 Å². The molecular weight excluding hydrogens is 891 g/mol. The molecule has 2 aromatic carbocycles. The average Bonchev–Trinajstić information content (AvgIpc) is 3.83. The van der Waals surface area contributed by atoms with E-state index in [0.29, 0.717) is 56.3 Å². The van der Waals surface area contributed by atoms with E-state index in [1.54, 1.807) is 30.9 Å². The van der Waals surface area contributed by atoms with Gasteiger partial charge in [-0.1, -0.05) is 59.8 Å². The third-order valence-corrected chi connectivity index (χ3v) is 15.9. The van der Waals surface area contributed by atoms with Gasteiger partial charge in [0.05, 0.1) is 28.7 Å². The molecule has 1 spiro atoms. The van der Waals surface area contributed by atoms with Crippen LogP contribution in [0.4, 0.5) is 10.5 Å². The number of piperidine rings is 2. The van der Waals surface area contributed by atoms with Gasteiger partial charge in [0.1, 0.15) is 28.6 Å². The first kappa shape index (κ1) is 51.3. The van der Waals surface area contributed by atoms with Crippen LogP contribution in [0.2, 0.25) is 0 Å². The van der Waals surface area contributed by atoms with Crippen LogP contribution in [0.3, 0.4) is 0 Å². The number of carbonyl (C=O) groups excluding carboxylic acids is 3. The highest BCUT2D eigenvalue weighted by atomic mass is 16.7. The predicted octanol–water partition coefficient (Wildman–Crippen LogP) is 6.44. The number of hydrogen-bond donors (Lipinski definition) is 4. The van der Waals surface area contributed by atoms with Crippen molar-refractivity contribution in [3.8, 4) is 17.2 Å². The van der Waals surface area contributed by atoms with E-state index in [-0.39, 0.29) is 67.6 Å². The summed E-state index contributed by atoms with van der Waals surface area (Å²) in [6.45, 7) is 24.4. The van der Waals surface area contributed by atoms with Gasteiger partial charge >= 0.3 is 11.9 Å². The van der Waals surface area contributed by atoms with Gasteiger partial charge in [-0.2, -0.15) is 0 Å². The lowest BCUT2D eigenvalue weighted by Crippen LogP contribution is -2.55. The van der Waals surface area contributed by atoms with Crippen LogP contribution in [0.1, 0.15) is 110 Å². The molecule has 7 aliphatic heterocycles. The van der Waals surface area contributed by atoms with Crippen molar-refractivity contribution >= 4 is 34.2 Å². The zero-order valence-corrected chi connectivity index (χ0v) is 43.1. The molecule has 0 aliphatic carbocycles. The molecule has 0 radical (unpaired) electrons. The number of ether oxygens (including phenoxy) is 3. The Kier molecular flexibility index (Phi) is 15.1. The number of hydrogen-bond acceptors (Lipinski definition) is 14. The molecule has 3 saturated heterocycles. The average molecular weight is 968 g/mol. The number of aromatic hydroxyl groups is 2. The molecule has 3 fully saturated rings. The van der Waals surface area contributed by atoms with Gasteiger partial charge in [0, 0.05) is 94.1 Å². The second-order valence-electron chi connectivity index (χ2n) is 22.0. The number of benzene rings is 2. The van der Waals surface area contributed by atoms with E-state index < -0.39 is 53.1 Å². The standard InChI is InChI=1S/C54H77N7O9/c1-31(2)30-59-22-18-54(19-23-59)56-42-39-40-46(63)37(8)49-41(39)50(65)53(9,70-49)68-28-12-15-33(4)48(69-52(67)61-26-24-60(25-27-61)38-16-20-58(10)21-17-38)36(7)45(62)35(6)29-32(3)13-11-14-34(5)51(66)55-44(47(40)64)43(42)57-54/h11-14,28,31-33,35-36,38,45,48,62-64H,15-27,29-30H2,1-10H3,(H,55,66)/b13-11+,28-12+,34-14-/t32?,33-,35-,36-,45?,48?,53?/m1/s1. The molecule has 70 heavy (non-hydrogen) atoms. The van der Waals surface area contributed by atoms with Crippen LogP contribution >= 0.6 is 0 Å². The molecule has 2 aromatic rings. The number of ketones is 1. The zero-order valence-electron chi connectivity index (χ0n) is 43.1. The number of aliphatic hydroxyl groups excluding tert-OH is 1. The lowest BCUT2D eigenvalue weighted by molar-refractivity contribution is -0.112. The van der Waals surface area contributed by atoms with E-state index in [4.69, 9.17) is 24.2 Å². The number of phenolic OH excluding ortho intramolecular Hbond substituents is 2. The Bertz CT molecular complexity index is 2550. The van der Waals surface area contributed by atoms with Crippen molar-refractivity contribution in [3.05, 3.63) is 58.0 Å². The number of nitrogens with zero attached hydrogens (tertiary/aromatic N) is 6. The number of aliphatic hydroxyl groups is 1. The minimum absolute atomic E-state index is 0.000807. The number of piperazine rings is 1. The number of likely N-dealkylation sites (tertiary alicyclic amines) is 2. The summed E-state index contributed by atoms with van der Waals surface area (Å²) in [6.07, 6.45) is 11.2. The maximum absolute atomic E-state index is 14.9. The summed E-state index contributed by atoms with van der Waals surface area (Å²) in [5, 5.41) is 39.6. The topological polar surface area (TPSA) is 189 Å². The molecule has 9 rings (SSSR count). The highest BCUT2D eigenvalue weighted by molar-refractivity contribution is 6.19. The van der Waals surface area contributed by atoms with Crippen LogP contribution in [-0.4, -0.2) is 148 Å². The molecule has 7 heterocycles. The van der Waals surface area contributed by atoms with Gasteiger partial charge in [0.25, 0.3) is 11.7 Å². The second-order valence-corrected chi connectivity index (χ2v) is 22.0. The molecule has 5 bridgehead atoms. The number of amides is 2. The largest absolute Gasteiger partial charge is 0.507 e. The fraction of sp³-hybridized carbons (Fsp3) is 0.648. The van der Waals surface area contributed by atoms with Crippen molar-refractivity contribution < 1.29 is 43.9 Å². The summed E-state index contributed by atoms with van der Waals surface area (Å²) in [7, 11) is 2.16. The van der Waals surface area contributed by atoms with E-state index in [1.165, 1.54) is 13.2 Å². The number of carbonyl (C=O) groups is 3. The van der Waals surface area contributed by atoms with Gasteiger partial charge in [0.2, 0.25) is 0 Å². The molecular formula is C54H77N7O9. The van der Waals surface area contributed by atoms with Crippen LogP contribution in [0.25, 0.3) is 10.8 Å². The van der Waals surface area contributed by atoms with Crippen molar-refractivity contribution in [2.75, 3.05) is 71.3 Å². The Balaban J connectivity index is 1.13. The third-order valence-electron chi connectivity index (χ3n) is 15.9. The number of phenols is 2. The quantitative estimate of drug-likeness (QED) is 0.246. The van der Waals surface area contributed by atoms with Gasteiger partial charge in [-0.25, -0.2) is 4.79 Å². The molecule has 0 saturated carbocycles. The first-order valence-corrected chi connectivity index (χ1v) is 25.8. The van der Waals surface area contributed by atoms with Crippen molar-refractivity contribution in [1.82, 2.24) is 19.6 Å². The first-order chi connectivity index (χ1) is 33.2. The third kappa shape index (κ3) is 10.2. The molecule has 382 valence electrons. The first-order valence-electron chi connectivity index (χ1n) is 25.8. The van der Waals surface area contributed by atoms with Crippen molar-refractivity contribution in [2.24, 2.45) is 39.6 Å². The van der Waals surface area contributed by atoms with Crippen LogP contribution in [0, 0.1) is 36.5 Å². The normalized spacial score (nSPS) is 31.4. The number of Topliss-reactive ketones (excluding diaryl/α,β-unsaturated/α-hetero) is 1. The Morgan fingerprint density at radius 1 is 0.929 bits per heavy atom. The maximum atomic E-state index is 14.9. The summed E-state index contributed by atoms with van der Waals surface area (Å²) < 4.78 is 19.0. The molecule has 16 nitrogen and oxygen atoms in total. The summed E-state index contributed by atoms with van der Waals surface area (Å²) in [4.78, 5) is 62.3. The molecule has 4 N–H and O–H groups in total. The maximum Gasteiger partial charge on any atom is 0.410 e. The Labute approximate surface area is 413 Å². The minimum Gasteiger partial charge on any atom is -0.507 e. The smallest absolute Gasteiger partial charge is 0.410 e. The molecule has 7 aliphatic rings. The Morgan fingerprint density at radius 3 is 2.27 bits per heavy atom. The lowest BCUT2D eigenvalue weighted by atomic mass is 9.80. The number of fused-ring (bicyclic) bond motifs is 13. The van der Waals surface area contributed by atoms with Gasteiger partial charge in [-0.05, 0) is 89.4 Å². The summed E-state index contributed by atoms with van der Waals surface area (Å²) >= 11 is 0. The monoisotopic (exact) mass is 968 g/mol. The van der Waals surface area contributed by atoms with E-state index in [0.717, 1.165) is 58.7 Å².